The molecule has 0 radical (unpaired) electrons. The third-order valence-corrected chi connectivity index (χ3v) is 11.9. The molecule has 0 aliphatic carbocycles. The molecule has 4 heteroatoms. The Balaban J connectivity index is 0.993. The number of fused-ring (bicyclic) bond motifs is 8. The normalized spacial score (nSPS) is 11.7. The Morgan fingerprint density at radius 1 is 0.283 bits per heavy atom. The van der Waals surface area contributed by atoms with Crippen LogP contribution in [0.15, 0.2) is 229 Å². The average Bonchev–Trinajstić information content (AvgIpc) is 3.82. The van der Waals surface area contributed by atoms with Gasteiger partial charge in [0.1, 0.15) is 11.2 Å². The Morgan fingerprint density at radius 3 is 1.30 bits per heavy atom. The summed E-state index contributed by atoms with van der Waals surface area (Å²) in [6, 6.07) is 80.4. The summed E-state index contributed by atoms with van der Waals surface area (Å²) < 4.78 is 8.95. The molecular weight excluding hydrogens is 731 g/mol. The Labute approximate surface area is 347 Å². The van der Waals surface area contributed by atoms with Gasteiger partial charge in [0.15, 0.2) is 0 Å². The van der Waals surface area contributed by atoms with Crippen molar-refractivity contribution >= 4 is 99.4 Å². The van der Waals surface area contributed by atoms with Crippen LogP contribution in [-0.4, -0.2) is 4.57 Å². The van der Waals surface area contributed by atoms with Crippen molar-refractivity contribution < 1.29 is 4.42 Å². The minimum Gasteiger partial charge on any atom is -0.456 e. The third kappa shape index (κ3) is 5.61. The molecule has 60 heavy (non-hydrogen) atoms. The summed E-state index contributed by atoms with van der Waals surface area (Å²) in [7, 11) is 0. The number of nitrogens with zero attached hydrogens (tertiary/aromatic N) is 3. The van der Waals surface area contributed by atoms with Crippen LogP contribution in [-0.2, 0) is 0 Å². The van der Waals surface area contributed by atoms with Gasteiger partial charge in [-0.3, -0.25) is 0 Å². The molecule has 12 rings (SSSR count). The molecule has 0 aliphatic heterocycles. The van der Waals surface area contributed by atoms with Crippen LogP contribution in [0.5, 0.6) is 0 Å². The van der Waals surface area contributed by atoms with Crippen molar-refractivity contribution in [2.75, 3.05) is 9.80 Å². The quantitative estimate of drug-likeness (QED) is 0.161. The number of rotatable bonds is 7. The lowest BCUT2D eigenvalue weighted by Gasteiger charge is -2.28. The zero-order valence-corrected chi connectivity index (χ0v) is 32.6. The van der Waals surface area contributed by atoms with E-state index >= 15 is 0 Å². The Hall–Kier alpha value is -8.08. The van der Waals surface area contributed by atoms with E-state index in [0.29, 0.717) is 0 Å². The maximum atomic E-state index is 6.54. The minimum atomic E-state index is 0.863. The number of para-hydroxylation sites is 3. The molecule has 0 saturated carbocycles. The van der Waals surface area contributed by atoms with Gasteiger partial charge in [0.2, 0.25) is 0 Å². The topological polar surface area (TPSA) is 24.6 Å². The highest BCUT2D eigenvalue weighted by Crippen LogP contribution is 2.43. The molecular formula is C56H37N3O. The van der Waals surface area contributed by atoms with Crippen LogP contribution in [0, 0.1) is 0 Å². The molecule has 4 nitrogen and oxygen atoms in total. The lowest BCUT2D eigenvalue weighted by atomic mass is 10.1. The van der Waals surface area contributed by atoms with Crippen molar-refractivity contribution in [2.45, 2.75) is 0 Å². The van der Waals surface area contributed by atoms with E-state index < -0.39 is 0 Å². The molecule has 10 aromatic carbocycles. The summed E-state index contributed by atoms with van der Waals surface area (Å²) in [5.74, 6) is 0. The number of anilines is 6. The molecule has 0 atom stereocenters. The molecule has 0 fully saturated rings. The molecule has 0 N–H and O–H groups in total. The smallest absolute Gasteiger partial charge is 0.137 e. The highest BCUT2D eigenvalue weighted by atomic mass is 16.3. The van der Waals surface area contributed by atoms with Gasteiger partial charge in [0.25, 0.3) is 0 Å². The van der Waals surface area contributed by atoms with Gasteiger partial charge in [-0.25, -0.2) is 0 Å². The van der Waals surface area contributed by atoms with Gasteiger partial charge in [-0.15, -0.1) is 0 Å². The molecule has 0 saturated heterocycles. The first-order chi connectivity index (χ1) is 29.7. The lowest BCUT2D eigenvalue weighted by Crippen LogP contribution is -2.12. The summed E-state index contributed by atoms with van der Waals surface area (Å²) in [6.45, 7) is 0. The van der Waals surface area contributed by atoms with Crippen molar-refractivity contribution in [1.82, 2.24) is 4.57 Å². The summed E-state index contributed by atoms with van der Waals surface area (Å²) in [5.41, 5.74) is 11.6. The molecule has 2 aromatic heterocycles. The monoisotopic (exact) mass is 767 g/mol. The number of benzene rings is 10. The van der Waals surface area contributed by atoms with Crippen LogP contribution < -0.4 is 9.80 Å². The third-order valence-electron chi connectivity index (χ3n) is 11.9. The van der Waals surface area contributed by atoms with Gasteiger partial charge in [-0.05, 0) is 131 Å². The fourth-order valence-corrected chi connectivity index (χ4v) is 9.08. The standard InChI is InChI=1S/C56H37N3O/c1-4-18-42(19-5-1)57(47-28-30-49-51-32-38-14-10-12-16-40(38)34-53(51)59(54(49)36-47)44-22-8-3-9-23-44)45-24-26-46(27-25-45)58(43-20-6-2-7-21-43)48-29-31-50-52-33-39-15-11-13-17-41(39)35-55(52)60-56(50)37-48/h1-37H. The van der Waals surface area contributed by atoms with Gasteiger partial charge >= 0.3 is 0 Å². The van der Waals surface area contributed by atoms with Crippen molar-refractivity contribution in [3.05, 3.63) is 224 Å². The van der Waals surface area contributed by atoms with Gasteiger partial charge in [0.05, 0.1) is 11.0 Å². The van der Waals surface area contributed by atoms with E-state index in [1.165, 1.54) is 37.8 Å². The molecule has 282 valence electrons. The van der Waals surface area contributed by atoms with Crippen molar-refractivity contribution in [3.8, 4) is 5.69 Å². The fraction of sp³-hybridized carbons (Fsp3) is 0. The first-order valence-electron chi connectivity index (χ1n) is 20.4. The average molecular weight is 768 g/mol. The van der Waals surface area contributed by atoms with Gasteiger partial charge < -0.3 is 18.8 Å². The second-order valence-corrected chi connectivity index (χ2v) is 15.4. The van der Waals surface area contributed by atoms with Crippen LogP contribution in [0.3, 0.4) is 0 Å². The molecule has 12 aromatic rings. The van der Waals surface area contributed by atoms with Crippen LogP contribution in [0.4, 0.5) is 34.1 Å². The van der Waals surface area contributed by atoms with Gasteiger partial charge in [-0.1, -0.05) is 109 Å². The Morgan fingerprint density at radius 2 is 0.700 bits per heavy atom. The van der Waals surface area contributed by atoms with Crippen molar-refractivity contribution in [3.63, 3.8) is 0 Å². The molecule has 0 unspecified atom stereocenters. The molecule has 0 aliphatic rings. The second-order valence-electron chi connectivity index (χ2n) is 15.4. The first-order valence-corrected chi connectivity index (χ1v) is 20.4. The predicted octanol–water partition coefficient (Wildman–Crippen LogP) is 15.9. The first kappa shape index (κ1) is 34.0. The SMILES string of the molecule is c1ccc(N(c2ccc(N(c3ccccc3)c3ccc4c5cc6ccccc6cc5n(-c5ccccc5)c4c3)cc2)c2ccc3c(c2)oc2cc4ccccc4cc23)cc1. The summed E-state index contributed by atoms with van der Waals surface area (Å²) in [5, 5.41) is 9.55. The molecule has 2 heterocycles. The van der Waals surface area contributed by atoms with Crippen LogP contribution in [0.2, 0.25) is 0 Å². The lowest BCUT2D eigenvalue weighted by molar-refractivity contribution is 0.669. The number of hydrogen-bond donors (Lipinski definition) is 0. The maximum Gasteiger partial charge on any atom is 0.137 e. The van der Waals surface area contributed by atoms with E-state index in [1.54, 1.807) is 0 Å². The van der Waals surface area contributed by atoms with Crippen LogP contribution in [0.1, 0.15) is 0 Å². The highest BCUT2D eigenvalue weighted by molar-refractivity contribution is 6.15. The van der Waals surface area contributed by atoms with E-state index in [0.717, 1.165) is 67.3 Å². The van der Waals surface area contributed by atoms with E-state index in [2.05, 4.69) is 239 Å². The van der Waals surface area contributed by atoms with Crippen LogP contribution in [0.25, 0.3) is 71.0 Å². The predicted molar refractivity (Wildman–Crippen MR) is 252 cm³/mol. The fourth-order valence-electron chi connectivity index (χ4n) is 9.08. The summed E-state index contributed by atoms with van der Waals surface area (Å²) in [6.07, 6.45) is 0. The number of aromatic nitrogens is 1. The van der Waals surface area contributed by atoms with E-state index in [1.807, 2.05) is 0 Å². The Bertz CT molecular complexity index is 3540. The van der Waals surface area contributed by atoms with E-state index in [4.69, 9.17) is 4.42 Å². The minimum absolute atomic E-state index is 0.863. The highest BCUT2D eigenvalue weighted by Gasteiger charge is 2.20. The zero-order valence-electron chi connectivity index (χ0n) is 32.6. The van der Waals surface area contributed by atoms with Gasteiger partial charge in [0, 0.05) is 67.4 Å². The summed E-state index contributed by atoms with van der Waals surface area (Å²) >= 11 is 0. The van der Waals surface area contributed by atoms with Crippen molar-refractivity contribution in [2.24, 2.45) is 0 Å². The maximum absolute atomic E-state index is 6.54. The number of furan rings is 1. The Kier molecular flexibility index (Phi) is 7.82. The molecule has 0 spiro atoms. The number of hydrogen-bond acceptors (Lipinski definition) is 3. The zero-order chi connectivity index (χ0) is 39.6. The molecule has 0 bridgehead atoms. The van der Waals surface area contributed by atoms with Crippen LogP contribution >= 0.6 is 0 Å². The van der Waals surface area contributed by atoms with E-state index in [9.17, 15) is 0 Å². The largest absolute Gasteiger partial charge is 0.456 e. The van der Waals surface area contributed by atoms with Crippen molar-refractivity contribution in [1.29, 1.82) is 0 Å². The summed E-state index contributed by atoms with van der Waals surface area (Å²) in [4.78, 5) is 4.65. The molecule has 0 amide bonds. The second kappa shape index (κ2) is 13.8. The van der Waals surface area contributed by atoms with E-state index in [-0.39, 0.29) is 0 Å². The van der Waals surface area contributed by atoms with Gasteiger partial charge in [-0.2, -0.15) is 0 Å².